The standard InChI is InChI=1S/C17H17ClN2O5S/c1-24-14-7-5-13(6-8-14)20-11-15(25-17(20)21)10-19-26(22,23)16-4-2-3-12(18)9-16/h2-9,15,19H,10-11H2,1H3. The summed E-state index contributed by atoms with van der Waals surface area (Å²) in [4.78, 5) is 13.6. The number of methoxy groups -OCH3 is 1. The van der Waals surface area contributed by atoms with E-state index in [1.165, 1.54) is 17.0 Å². The number of halogens is 1. The van der Waals surface area contributed by atoms with E-state index in [1.807, 2.05) is 0 Å². The van der Waals surface area contributed by atoms with Crippen LogP contribution < -0.4 is 14.4 Å². The Kier molecular flexibility index (Phi) is 5.36. The van der Waals surface area contributed by atoms with Crippen molar-refractivity contribution in [3.8, 4) is 5.75 Å². The summed E-state index contributed by atoms with van der Waals surface area (Å²) in [5.74, 6) is 0.673. The van der Waals surface area contributed by atoms with Crippen LogP contribution in [0.1, 0.15) is 0 Å². The molecule has 1 heterocycles. The predicted octanol–water partition coefficient (Wildman–Crippen LogP) is 2.65. The Bertz CT molecular complexity index is 902. The molecular formula is C17H17ClN2O5S. The minimum absolute atomic E-state index is 0.0345. The van der Waals surface area contributed by atoms with Gasteiger partial charge in [0.25, 0.3) is 0 Å². The molecule has 1 N–H and O–H groups in total. The number of hydrogen-bond donors (Lipinski definition) is 1. The van der Waals surface area contributed by atoms with Crippen molar-refractivity contribution < 1.29 is 22.7 Å². The molecule has 0 aromatic heterocycles. The third kappa shape index (κ3) is 4.09. The fourth-order valence-electron chi connectivity index (χ4n) is 2.52. The second-order valence-electron chi connectivity index (χ2n) is 5.62. The molecule has 3 rings (SSSR count). The number of nitrogens with zero attached hydrogens (tertiary/aromatic N) is 1. The van der Waals surface area contributed by atoms with Crippen molar-refractivity contribution >= 4 is 33.4 Å². The highest BCUT2D eigenvalue weighted by Crippen LogP contribution is 2.24. The lowest BCUT2D eigenvalue weighted by molar-refractivity contribution is 0.143. The number of anilines is 1. The largest absolute Gasteiger partial charge is 0.497 e. The maximum absolute atomic E-state index is 12.3. The lowest BCUT2D eigenvalue weighted by Crippen LogP contribution is -2.34. The number of carbonyl (C=O) groups excluding carboxylic acids is 1. The van der Waals surface area contributed by atoms with Gasteiger partial charge in [0.1, 0.15) is 11.9 Å². The van der Waals surface area contributed by atoms with E-state index in [4.69, 9.17) is 21.1 Å². The first-order valence-electron chi connectivity index (χ1n) is 7.76. The van der Waals surface area contributed by atoms with Crippen LogP contribution >= 0.6 is 11.6 Å². The quantitative estimate of drug-likeness (QED) is 0.811. The summed E-state index contributed by atoms with van der Waals surface area (Å²) >= 11 is 5.83. The second kappa shape index (κ2) is 7.53. The highest BCUT2D eigenvalue weighted by molar-refractivity contribution is 7.89. The van der Waals surface area contributed by atoms with Gasteiger partial charge in [0.05, 0.1) is 18.6 Å². The molecule has 1 fully saturated rings. The first kappa shape index (κ1) is 18.5. The lowest BCUT2D eigenvalue weighted by Gasteiger charge is -2.13. The van der Waals surface area contributed by atoms with E-state index in [0.29, 0.717) is 16.5 Å². The van der Waals surface area contributed by atoms with Gasteiger partial charge in [0.2, 0.25) is 10.0 Å². The maximum Gasteiger partial charge on any atom is 0.414 e. The molecule has 26 heavy (non-hydrogen) atoms. The summed E-state index contributed by atoms with van der Waals surface area (Å²) in [6.07, 6.45) is -1.12. The maximum atomic E-state index is 12.3. The lowest BCUT2D eigenvalue weighted by atomic mass is 10.2. The predicted molar refractivity (Wildman–Crippen MR) is 97.2 cm³/mol. The SMILES string of the molecule is COc1ccc(N2CC(CNS(=O)(=O)c3cccc(Cl)c3)OC2=O)cc1. The number of carbonyl (C=O) groups is 1. The molecule has 1 unspecified atom stereocenters. The van der Waals surface area contributed by atoms with Gasteiger partial charge in [-0.1, -0.05) is 17.7 Å². The third-order valence-electron chi connectivity index (χ3n) is 3.87. The van der Waals surface area contributed by atoms with Gasteiger partial charge in [-0.2, -0.15) is 0 Å². The zero-order valence-electron chi connectivity index (χ0n) is 13.9. The average molecular weight is 397 g/mol. The molecular weight excluding hydrogens is 380 g/mol. The second-order valence-corrected chi connectivity index (χ2v) is 7.83. The van der Waals surface area contributed by atoms with Gasteiger partial charge >= 0.3 is 6.09 Å². The van der Waals surface area contributed by atoms with Crippen LogP contribution in [-0.2, 0) is 14.8 Å². The summed E-state index contributed by atoms with van der Waals surface area (Å²) in [5, 5.41) is 0.325. The monoisotopic (exact) mass is 396 g/mol. The van der Waals surface area contributed by atoms with E-state index in [2.05, 4.69) is 4.72 Å². The Labute approximate surface area is 156 Å². The van der Waals surface area contributed by atoms with E-state index >= 15 is 0 Å². The molecule has 1 saturated heterocycles. The van der Waals surface area contributed by atoms with Crippen LogP contribution in [0.25, 0.3) is 0 Å². The minimum Gasteiger partial charge on any atom is -0.497 e. The van der Waals surface area contributed by atoms with Crippen LogP contribution in [0.5, 0.6) is 5.75 Å². The van der Waals surface area contributed by atoms with E-state index < -0.39 is 22.2 Å². The summed E-state index contributed by atoms with van der Waals surface area (Å²) in [5.41, 5.74) is 0.649. The number of rotatable bonds is 6. The fraction of sp³-hybridized carbons (Fsp3) is 0.235. The van der Waals surface area contributed by atoms with Crippen molar-refractivity contribution in [2.24, 2.45) is 0 Å². The molecule has 7 nitrogen and oxygen atoms in total. The Morgan fingerprint density at radius 1 is 1.27 bits per heavy atom. The number of nitrogens with one attached hydrogen (secondary N) is 1. The van der Waals surface area contributed by atoms with Crippen molar-refractivity contribution in [3.05, 3.63) is 53.6 Å². The molecule has 0 spiro atoms. The zero-order valence-corrected chi connectivity index (χ0v) is 15.5. The van der Waals surface area contributed by atoms with E-state index in [-0.39, 0.29) is 18.0 Å². The average Bonchev–Trinajstić information content (AvgIpc) is 3.01. The number of hydrogen-bond acceptors (Lipinski definition) is 5. The van der Waals surface area contributed by atoms with Crippen LogP contribution in [0.3, 0.4) is 0 Å². The molecule has 0 saturated carbocycles. The smallest absolute Gasteiger partial charge is 0.414 e. The molecule has 1 atom stereocenters. The third-order valence-corrected chi connectivity index (χ3v) is 5.52. The van der Waals surface area contributed by atoms with Crippen LogP contribution in [0.2, 0.25) is 5.02 Å². The van der Waals surface area contributed by atoms with Crippen molar-refractivity contribution in [2.45, 2.75) is 11.0 Å². The highest BCUT2D eigenvalue weighted by Gasteiger charge is 2.33. The summed E-state index contributed by atoms with van der Waals surface area (Å²) in [6, 6.07) is 12.9. The van der Waals surface area contributed by atoms with Gasteiger partial charge in [-0.15, -0.1) is 0 Å². The molecule has 2 aromatic rings. The van der Waals surface area contributed by atoms with Gasteiger partial charge in [-0.05, 0) is 42.5 Å². The normalized spacial score (nSPS) is 17.2. The van der Waals surface area contributed by atoms with Crippen LogP contribution in [0, 0.1) is 0 Å². The molecule has 138 valence electrons. The van der Waals surface area contributed by atoms with Crippen molar-refractivity contribution in [3.63, 3.8) is 0 Å². The van der Waals surface area contributed by atoms with Gasteiger partial charge in [-0.3, -0.25) is 4.90 Å². The molecule has 1 amide bonds. The Morgan fingerprint density at radius 3 is 2.65 bits per heavy atom. The molecule has 0 radical (unpaired) electrons. The minimum atomic E-state index is -3.74. The summed E-state index contributed by atoms with van der Waals surface area (Å²) in [6.45, 7) is 0.205. The van der Waals surface area contributed by atoms with Gasteiger partial charge in [0, 0.05) is 17.3 Å². The topological polar surface area (TPSA) is 84.9 Å². The summed E-state index contributed by atoms with van der Waals surface area (Å²) < 4.78 is 37.4. The molecule has 1 aliphatic heterocycles. The van der Waals surface area contributed by atoms with Gasteiger partial charge < -0.3 is 9.47 Å². The van der Waals surface area contributed by atoms with E-state index in [1.54, 1.807) is 43.5 Å². The number of amides is 1. The fourth-order valence-corrected chi connectivity index (χ4v) is 3.89. The van der Waals surface area contributed by atoms with Crippen molar-refractivity contribution in [1.29, 1.82) is 0 Å². The molecule has 0 bridgehead atoms. The summed E-state index contributed by atoms with van der Waals surface area (Å²) in [7, 11) is -2.18. The number of sulfonamides is 1. The van der Waals surface area contributed by atoms with E-state index in [0.717, 1.165) is 0 Å². The molecule has 9 heteroatoms. The van der Waals surface area contributed by atoms with Gasteiger partial charge in [-0.25, -0.2) is 17.9 Å². The van der Waals surface area contributed by atoms with Crippen molar-refractivity contribution in [2.75, 3.05) is 25.1 Å². The van der Waals surface area contributed by atoms with Crippen molar-refractivity contribution in [1.82, 2.24) is 4.72 Å². The number of benzene rings is 2. The molecule has 0 aliphatic carbocycles. The number of cyclic esters (lactones) is 1. The van der Waals surface area contributed by atoms with E-state index in [9.17, 15) is 13.2 Å². The Balaban J connectivity index is 1.64. The zero-order chi connectivity index (χ0) is 18.7. The number of ether oxygens (including phenoxy) is 2. The highest BCUT2D eigenvalue weighted by atomic mass is 35.5. The van der Waals surface area contributed by atoms with Crippen LogP contribution in [0.15, 0.2) is 53.4 Å². The molecule has 2 aromatic carbocycles. The first-order valence-corrected chi connectivity index (χ1v) is 9.62. The molecule has 1 aliphatic rings. The van der Waals surface area contributed by atoms with Gasteiger partial charge in [0.15, 0.2) is 0 Å². The van der Waals surface area contributed by atoms with Crippen LogP contribution in [0.4, 0.5) is 10.5 Å². The first-order chi connectivity index (χ1) is 12.4. The Morgan fingerprint density at radius 2 is 2.00 bits per heavy atom. The van der Waals surface area contributed by atoms with Crippen LogP contribution in [-0.4, -0.2) is 40.8 Å². The Hall–Kier alpha value is -2.29.